The zero-order chi connectivity index (χ0) is 21.3. The van der Waals surface area contributed by atoms with Gasteiger partial charge in [-0.1, -0.05) is 42.1 Å². The van der Waals surface area contributed by atoms with Crippen LogP contribution in [0.3, 0.4) is 0 Å². The number of aryl methyl sites for hydroxylation is 1. The van der Waals surface area contributed by atoms with Gasteiger partial charge in [0.25, 0.3) is 17.5 Å². The zero-order valence-electron chi connectivity index (χ0n) is 15.9. The SMILES string of the molecule is Cc1cccc(N2C(=O)C(Sc3ccccc3)=C(c3ccc([N+](=O)[O-])cc3)C2=O)c1. The van der Waals surface area contributed by atoms with Crippen molar-refractivity contribution in [2.45, 2.75) is 11.8 Å². The Labute approximate surface area is 177 Å². The van der Waals surface area contributed by atoms with Gasteiger partial charge in [0.1, 0.15) is 0 Å². The molecule has 0 saturated heterocycles. The Morgan fingerprint density at radius 2 is 1.57 bits per heavy atom. The van der Waals surface area contributed by atoms with Gasteiger partial charge in [0.05, 0.1) is 21.1 Å². The third kappa shape index (κ3) is 3.62. The number of hydrogen-bond acceptors (Lipinski definition) is 5. The molecule has 3 aromatic rings. The van der Waals surface area contributed by atoms with Crippen LogP contribution >= 0.6 is 11.8 Å². The van der Waals surface area contributed by atoms with Crippen molar-refractivity contribution in [3.05, 3.63) is 105 Å². The Morgan fingerprint density at radius 1 is 0.867 bits per heavy atom. The Hall–Kier alpha value is -3.71. The van der Waals surface area contributed by atoms with Gasteiger partial charge >= 0.3 is 0 Å². The molecule has 2 amide bonds. The quantitative estimate of drug-likeness (QED) is 0.333. The minimum absolute atomic E-state index is 0.0797. The average molecular weight is 416 g/mol. The third-order valence-electron chi connectivity index (χ3n) is 4.63. The predicted octanol–water partition coefficient (Wildman–Crippen LogP) is 4.98. The van der Waals surface area contributed by atoms with Crippen LogP contribution in [0.25, 0.3) is 5.57 Å². The van der Waals surface area contributed by atoms with Gasteiger partial charge in [0.15, 0.2) is 0 Å². The van der Waals surface area contributed by atoms with E-state index in [1.165, 1.54) is 36.0 Å². The number of nitro groups is 1. The van der Waals surface area contributed by atoms with Crippen LogP contribution in [-0.2, 0) is 9.59 Å². The lowest BCUT2D eigenvalue weighted by atomic mass is 10.1. The first kappa shape index (κ1) is 19.6. The molecular weight excluding hydrogens is 400 g/mol. The van der Waals surface area contributed by atoms with E-state index in [1.54, 1.807) is 18.2 Å². The molecular formula is C23H16N2O4S. The normalized spacial score (nSPS) is 13.8. The minimum atomic E-state index is -0.502. The molecule has 3 aromatic carbocycles. The Kier molecular flexibility index (Phi) is 5.20. The van der Waals surface area contributed by atoms with Crippen LogP contribution in [0.15, 0.2) is 88.7 Å². The molecule has 1 aliphatic heterocycles. The van der Waals surface area contributed by atoms with Crippen molar-refractivity contribution in [2.24, 2.45) is 0 Å². The molecule has 0 fully saturated rings. The molecule has 148 valence electrons. The van der Waals surface area contributed by atoms with Gasteiger partial charge in [-0.05, 0) is 54.4 Å². The number of carbonyl (C=O) groups is 2. The monoisotopic (exact) mass is 416 g/mol. The molecule has 0 N–H and O–H groups in total. The lowest BCUT2D eigenvalue weighted by molar-refractivity contribution is -0.384. The topological polar surface area (TPSA) is 80.5 Å². The molecule has 0 spiro atoms. The number of hydrogen-bond donors (Lipinski definition) is 0. The van der Waals surface area contributed by atoms with E-state index in [4.69, 9.17) is 0 Å². The minimum Gasteiger partial charge on any atom is -0.268 e. The van der Waals surface area contributed by atoms with Crippen LogP contribution in [0.2, 0.25) is 0 Å². The maximum atomic E-state index is 13.3. The summed E-state index contributed by atoms with van der Waals surface area (Å²) in [6, 6.07) is 22.1. The number of rotatable bonds is 5. The molecule has 1 aliphatic rings. The molecule has 6 nitrogen and oxygen atoms in total. The maximum Gasteiger partial charge on any atom is 0.272 e. The van der Waals surface area contributed by atoms with E-state index in [1.807, 2.05) is 43.3 Å². The molecule has 0 bridgehead atoms. The average Bonchev–Trinajstić information content (AvgIpc) is 2.98. The first-order valence-electron chi connectivity index (χ1n) is 9.13. The second kappa shape index (κ2) is 7.96. The van der Waals surface area contributed by atoms with E-state index < -0.39 is 16.7 Å². The highest BCUT2D eigenvalue weighted by molar-refractivity contribution is 8.04. The lowest BCUT2D eigenvalue weighted by Gasteiger charge is -2.15. The van der Waals surface area contributed by atoms with Crippen molar-refractivity contribution in [2.75, 3.05) is 4.90 Å². The summed E-state index contributed by atoms with van der Waals surface area (Å²) in [4.78, 5) is 39.4. The number of anilines is 1. The number of thioether (sulfide) groups is 1. The van der Waals surface area contributed by atoms with Crippen molar-refractivity contribution in [1.29, 1.82) is 0 Å². The van der Waals surface area contributed by atoms with Crippen LogP contribution in [0.5, 0.6) is 0 Å². The van der Waals surface area contributed by atoms with Crippen molar-refractivity contribution in [3.8, 4) is 0 Å². The van der Waals surface area contributed by atoms with Gasteiger partial charge < -0.3 is 0 Å². The number of benzene rings is 3. The van der Waals surface area contributed by atoms with Crippen LogP contribution < -0.4 is 4.90 Å². The Morgan fingerprint density at radius 3 is 2.20 bits per heavy atom. The summed E-state index contributed by atoms with van der Waals surface area (Å²) in [6.07, 6.45) is 0. The van der Waals surface area contributed by atoms with Gasteiger partial charge in [-0.25, -0.2) is 4.90 Å². The smallest absolute Gasteiger partial charge is 0.268 e. The van der Waals surface area contributed by atoms with E-state index >= 15 is 0 Å². The van der Waals surface area contributed by atoms with Gasteiger partial charge in [-0.15, -0.1) is 0 Å². The maximum absolute atomic E-state index is 13.3. The van der Waals surface area contributed by atoms with Gasteiger partial charge in [-0.3, -0.25) is 19.7 Å². The molecule has 0 aromatic heterocycles. The highest BCUT2D eigenvalue weighted by Crippen LogP contribution is 2.41. The van der Waals surface area contributed by atoms with Gasteiger partial charge in [0, 0.05) is 17.0 Å². The van der Waals surface area contributed by atoms with Crippen molar-refractivity contribution in [1.82, 2.24) is 0 Å². The summed E-state index contributed by atoms with van der Waals surface area (Å²) >= 11 is 1.21. The van der Waals surface area contributed by atoms with Crippen LogP contribution in [-0.4, -0.2) is 16.7 Å². The molecule has 0 aliphatic carbocycles. The molecule has 4 rings (SSSR count). The van der Waals surface area contributed by atoms with E-state index in [-0.39, 0.29) is 11.3 Å². The number of amides is 2. The van der Waals surface area contributed by atoms with Crippen LogP contribution in [0, 0.1) is 17.0 Å². The largest absolute Gasteiger partial charge is 0.272 e. The molecule has 30 heavy (non-hydrogen) atoms. The van der Waals surface area contributed by atoms with Crippen molar-refractivity contribution >= 4 is 40.5 Å². The Bertz CT molecular complexity index is 1190. The van der Waals surface area contributed by atoms with Crippen LogP contribution in [0.1, 0.15) is 11.1 Å². The fourth-order valence-electron chi connectivity index (χ4n) is 3.22. The molecule has 1 heterocycles. The second-order valence-electron chi connectivity index (χ2n) is 6.71. The highest BCUT2D eigenvalue weighted by atomic mass is 32.2. The molecule has 0 unspecified atom stereocenters. The van der Waals surface area contributed by atoms with Gasteiger partial charge in [-0.2, -0.15) is 0 Å². The number of nitro benzene ring substituents is 1. The summed E-state index contributed by atoms with van der Waals surface area (Å²) in [5.41, 5.74) is 2.05. The second-order valence-corrected chi connectivity index (χ2v) is 7.79. The van der Waals surface area contributed by atoms with E-state index in [2.05, 4.69) is 0 Å². The number of imide groups is 1. The molecule has 0 radical (unpaired) electrons. The van der Waals surface area contributed by atoms with Crippen LogP contribution in [0.4, 0.5) is 11.4 Å². The number of non-ortho nitro benzene ring substituents is 1. The summed E-state index contributed by atoms with van der Waals surface area (Å²) in [5, 5.41) is 11.0. The summed E-state index contributed by atoms with van der Waals surface area (Å²) in [7, 11) is 0. The summed E-state index contributed by atoms with van der Waals surface area (Å²) in [5.74, 6) is -0.856. The number of carbonyl (C=O) groups excluding carboxylic acids is 2. The van der Waals surface area contributed by atoms with Crippen molar-refractivity contribution < 1.29 is 14.5 Å². The molecule has 0 saturated carbocycles. The first-order chi connectivity index (χ1) is 14.5. The highest BCUT2D eigenvalue weighted by Gasteiger charge is 2.40. The number of nitrogens with zero attached hydrogens (tertiary/aromatic N) is 2. The van der Waals surface area contributed by atoms with E-state index in [0.717, 1.165) is 15.4 Å². The zero-order valence-corrected chi connectivity index (χ0v) is 16.8. The fourth-order valence-corrected chi connectivity index (χ4v) is 4.23. The van der Waals surface area contributed by atoms with Gasteiger partial charge in [0.2, 0.25) is 0 Å². The third-order valence-corrected chi connectivity index (χ3v) is 5.72. The fraction of sp³-hybridized carbons (Fsp3) is 0.0435. The Balaban J connectivity index is 1.82. The van der Waals surface area contributed by atoms with Crippen molar-refractivity contribution in [3.63, 3.8) is 0 Å². The lowest BCUT2D eigenvalue weighted by Crippen LogP contribution is -2.31. The summed E-state index contributed by atoms with van der Waals surface area (Å²) < 4.78 is 0. The molecule has 0 atom stereocenters. The van der Waals surface area contributed by atoms with E-state index in [0.29, 0.717) is 16.2 Å². The van der Waals surface area contributed by atoms with E-state index in [9.17, 15) is 19.7 Å². The standard InChI is InChI=1S/C23H16N2O4S/c1-15-6-5-7-18(14-15)24-22(26)20(16-10-12-17(13-11-16)25(28)29)21(23(24)27)30-19-8-3-2-4-9-19/h2-14H,1H3. The summed E-state index contributed by atoms with van der Waals surface area (Å²) in [6.45, 7) is 1.89. The first-order valence-corrected chi connectivity index (χ1v) is 9.95. The predicted molar refractivity (Wildman–Crippen MR) is 116 cm³/mol. The molecule has 7 heteroatoms.